The first-order valence-electron chi connectivity index (χ1n) is 5.51. The number of carbonyl (C=O) groups is 1. The number of carbonyl (C=O) groups excluding carboxylic acids is 1. The van der Waals surface area contributed by atoms with Gasteiger partial charge in [-0.2, -0.15) is 0 Å². The Kier molecular flexibility index (Phi) is 4.16. The van der Waals surface area contributed by atoms with Gasteiger partial charge in [0.1, 0.15) is 11.4 Å². The molecule has 4 N–H and O–H groups in total. The van der Waals surface area contributed by atoms with E-state index in [1.165, 1.54) is 18.4 Å². The lowest BCUT2D eigenvalue weighted by atomic mass is 10.1. The van der Waals surface area contributed by atoms with E-state index in [1.807, 2.05) is 0 Å². The third kappa shape index (κ3) is 2.69. The largest absolute Gasteiger partial charge is 0.495 e. The Hall–Kier alpha value is -2.61. The highest BCUT2D eigenvalue weighted by molar-refractivity contribution is 7.07. The molecule has 1 amide bonds. The van der Waals surface area contributed by atoms with E-state index in [0.717, 1.165) is 0 Å². The number of benzene rings is 1. The molecule has 0 saturated heterocycles. The van der Waals surface area contributed by atoms with Crippen LogP contribution in [0.1, 0.15) is 16.1 Å². The predicted octanol–water partition coefficient (Wildman–Crippen LogP) is 1.50. The normalized spacial score (nSPS) is 11.2. The highest BCUT2D eigenvalue weighted by atomic mass is 32.1. The van der Waals surface area contributed by atoms with Gasteiger partial charge in [0.15, 0.2) is 5.84 Å². The minimum Gasteiger partial charge on any atom is -0.495 e. The third-order valence-corrected chi connectivity index (χ3v) is 3.12. The van der Waals surface area contributed by atoms with Gasteiger partial charge in [0.25, 0.3) is 5.91 Å². The summed E-state index contributed by atoms with van der Waals surface area (Å²) < 4.78 is 5.17. The third-order valence-electron chi connectivity index (χ3n) is 2.53. The first-order valence-corrected chi connectivity index (χ1v) is 6.46. The number of rotatable bonds is 4. The second kappa shape index (κ2) is 6.02. The molecule has 0 radical (unpaired) electrons. The molecule has 1 aromatic heterocycles. The molecule has 104 valence electrons. The monoisotopic (exact) mass is 292 g/mol. The topological polar surface area (TPSA) is 110 Å². The van der Waals surface area contributed by atoms with Crippen molar-refractivity contribution in [1.82, 2.24) is 4.98 Å². The summed E-state index contributed by atoms with van der Waals surface area (Å²) in [5.41, 5.74) is 8.11. The number of amidine groups is 1. The van der Waals surface area contributed by atoms with Crippen molar-refractivity contribution in [2.45, 2.75) is 0 Å². The van der Waals surface area contributed by atoms with Crippen molar-refractivity contribution in [1.29, 1.82) is 0 Å². The van der Waals surface area contributed by atoms with Crippen LogP contribution in [-0.4, -0.2) is 29.0 Å². The Bertz CT molecular complexity index is 640. The average molecular weight is 292 g/mol. The second-order valence-electron chi connectivity index (χ2n) is 3.70. The number of hydrogen-bond donors (Lipinski definition) is 3. The fourth-order valence-electron chi connectivity index (χ4n) is 1.60. The van der Waals surface area contributed by atoms with Crippen molar-refractivity contribution in [2.75, 3.05) is 12.4 Å². The van der Waals surface area contributed by atoms with Crippen molar-refractivity contribution < 1.29 is 14.7 Å². The minimum absolute atomic E-state index is 0.127. The molecule has 0 aliphatic carbocycles. The number of hydrogen-bond acceptors (Lipinski definition) is 6. The summed E-state index contributed by atoms with van der Waals surface area (Å²) in [6, 6.07) is 4.93. The van der Waals surface area contributed by atoms with Gasteiger partial charge in [-0.3, -0.25) is 4.79 Å². The number of oxime groups is 1. The number of ether oxygens (including phenoxy) is 1. The van der Waals surface area contributed by atoms with Crippen molar-refractivity contribution >= 4 is 28.8 Å². The van der Waals surface area contributed by atoms with Crippen LogP contribution >= 0.6 is 11.3 Å². The van der Waals surface area contributed by atoms with Crippen LogP contribution in [0.4, 0.5) is 5.69 Å². The van der Waals surface area contributed by atoms with Crippen LogP contribution in [0.5, 0.6) is 5.75 Å². The SMILES string of the molecule is COc1cccc(/C(N)=N/O)c1NC(=O)c1cscn1. The Morgan fingerprint density at radius 3 is 2.95 bits per heavy atom. The first kappa shape index (κ1) is 13.8. The molecule has 0 unspecified atom stereocenters. The first-order chi connectivity index (χ1) is 9.67. The van der Waals surface area contributed by atoms with E-state index in [9.17, 15) is 4.79 Å². The van der Waals surface area contributed by atoms with E-state index in [-0.39, 0.29) is 11.5 Å². The summed E-state index contributed by atoms with van der Waals surface area (Å²) >= 11 is 1.31. The molecule has 1 aromatic carbocycles. The van der Waals surface area contributed by atoms with Gasteiger partial charge in [0.2, 0.25) is 0 Å². The Balaban J connectivity index is 2.41. The summed E-state index contributed by atoms with van der Waals surface area (Å²) in [6.45, 7) is 0. The molecule has 0 fully saturated rings. The molecule has 2 rings (SSSR count). The molecule has 20 heavy (non-hydrogen) atoms. The standard InChI is InChI=1S/C12H12N4O3S/c1-19-9-4-2-3-7(11(13)16-18)10(9)15-12(17)8-5-20-6-14-8/h2-6,18H,1H3,(H2,13,16)(H,15,17). The lowest BCUT2D eigenvalue weighted by Gasteiger charge is -2.13. The summed E-state index contributed by atoms with van der Waals surface area (Å²) in [7, 11) is 1.46. The molecule has 0 aliphatic rings. The Morgan fingerprint density at radius 1 is 1.55 bits per heavy atom. The van der Waals surface area contributed by atoms with Gasteiger partial charge in [0, 0.05) is 10.9 Å². The van der Waals surface area contributed by atoms with Crippen LogP contribution in [0.15, 0.2) is 34.2 Å². The molecular formula is C12H12N4O3S. The average Bonchev–Trinajstić information content (AvgIpc) is 3.01. The van der Waals surface area contributed by atoms with Crippen LogP contribution in [0.2, 0.25) is 0 Å². The van der Waals surface area contributed by atoms with Crippen molar-refractivity contribution in [3.8, 4) is 5.75 Å². The number of anilines is 1. The summed E-state index contributed by atoms with van der Waals surface area (Å²) in [4.78, 5) is 16.0. The summed E-state index contributed by atoms with van der Waals surface area (Å²) in [5, 5.41) is 16.0. The zero-order valence-electron chi connectivity index (χ0n) is 10.5. The maximum absolute atomic E-state index is 12.0. The van der Waals surface area contributed by atoms with Crippen molar-refractivity contribution in [3.05, 3.63) is 40.3 Å². The lowest BCUT2D eigenvalue weighted by molar-refractivity contribution is 0.102. The van der Waals surface area contributed by atoms with Crippen LogP contribution in [0, 0.1) is 0 Å². The summed E-state index contributed by atoms with van der Waals surface area (Å²) in [6.07, 6.45) is 0. The maximum Gasteiger partial charge on any atom is 0.275 e. The molecule has 0 atom stereocenters. The van der Waals surface area contributed by atoms with E-state index in [0.29, 0.717) is 17.0 Å². The molecule has 7 nitrogen and oxygen atoms in total. The quantitative estimate of drug-likeness (QED) is 0.342. The van der Waals surface area contributed by atoms with E-state index in [1.54, 1.807) is 29.1 Å². The number of amides is 1. The lowest BCUT2D eigenvalue weighted by Crippen LogP contribution is -2.20. The van der Waals surface area contributed by atoms with Crippen molar-refractivity contribution in [3.63, 3.8) is 0 Å². The Morgan fingerprint density at radius 2 is 2.35 bits per heavy atom. The smallest absolute Gasteiger partial charge is 0.275 e. The van der Waals surface area contributed by atoms with E-state index in [2.05, 4.69) is 15.5 Å². The molecule has 2 aromatic rings. The van der Waals surface area contributed by atoms with E-state index < -0.39 is 5.91 Å². The number of para-hydroxylation sites is 1. The fourth-order valence-corrected chi connectivity index (χ4v) is 2.13. The highest BCUT2D eigenvalue weighted by Gasteiger charge is 2.17. The molecular weight excluding hydrogens is 280 g/mol. The molecule has 0 bridgehead atoms. The maximum atomic E-state index is 12.0. The second-order valence-corrected chi connectivity index (χ2v) is 4.41. The van der Waals surface area contributed by atoms with Crippen LogP contribution < -0.4 is 15.8 Å². The van der Waals surface area contributed by atoms with Crippen LogP contribution in [0.25, 0.3) is 0 Å². The summed E-state index contributed by atoms with van der Waals surface area (Å²) in [5.74, 6) is -0.127. The molecule has 0 aliphatic heterocycles. The van der Waals surface area contributed by atoms with Gasteiger partial charge < -0.3 is 21.0 Å². The van der Waals surface area contributed by atoms with Crippen LogP contribution in [0.3, 0.4) is 0 Å². The molecule has 1 heterocycles. The number of methoxy groups -OCH3 is 1. The molecule has 0 spiro atoms. The number of aromatic nitrogens is 1. The van der Waals surface area contributed by atoms with Gasteiger partial charge in [-0.25, -0.2) is 4.98 Å². The number of nitrogens with two attached hydrogens (primary N) is 1. The molecule has 8 heteroatoms. The minimum atomic E-state index is -0.400. The molecule has 0 saturated carbocycles. The fraction of sp³-hybridized carbons (Fsp3) is 0.0833. The van der Waals surface area contributed by atoms with Crippen LogP contribution in [-0.2, 0) is 0 Å². The predicted molar refractivity (Wildman–Crippen MR) is 75.6 cm³/mol. The zero-order chi connectivity index (χ0) is 14.5. The van der Waals surface area contributed by atoms with E-state index >= 15 is 0 Å². The van der Waals surface area contributed by atoms with Crippen molar-refractivity contribution in [2.24, 2.45) is 10.9 Å². The number of nitrogens with zero attached hydrogens (tertiary/aromatic N) is 2. The Labute approximate surface area is 118 Å². The van der Waals surface area contributed by atoms with Gasteiger partial charge in [-0.15, -0.1) is 11.3 Å². The van der Waals surface area contributed by atoms with E-state index in [4.69, 9.17) is 15.7 Å². The highest BCUT2D eigenvalue weighted by Crippen LogP contribution is 2.28. The van der Waals surface area contributed by atoms with Gasteiger partial charge in [-0.05, 0) is 12.1 Å². The zero-order valence-corrected chi connectivity index (χ0v) is 11.3. The van der Waals surface area contributed by atoms with Gasteiger partial charge in [-0.1, -0.05) is 11.2 Å². The number of nitrogens with one attached hydrogen (secondary N) is 1. The van der Waals surface area contributed by atoms with Gasteiger partial charge in [0.05, 0.1) is 18.3 Å². The number of thiazole rings is 1. The van der Waals surface area contributed by atoms with Gasteiger partial charge >= 0.3 is 0 Å².